The van der Waals surface area contributed by atoms with Gasteiger partial charge in [-0.3, -0.25) is 20.4 Å². The lowest BCUT2D eigenvalue weighted by Crippen LogP contribution is -2.47. The van der Waals surface area contributed by atoms with Gasteiger partial charge in [-0.15, -0.1) is 0 Å². The third-order valence-electron chi connectivity index (χ3n) is 5.92. The highest BCUT2D eigenvalue weighted by Crippen LogP contribution is 2.28. The number of aromatic nitrogens is 2. The smallest absolute Gasteiger partial charge is 0.290 e. The summed E-state index contributed by atoms with van der Waals surface area (Å²) in [5, 5.41) is 6.53. The molecule has 0 radical (unpaired) electrons. The number of carbonyl (C=O) groups excluding carboxylic acids is 2. The lowest BCUT2D eigenvalue weighted by atomic mass is 10.1. The first-order valence-electron chi connectivity index (χ1n) is 11.1. The molecule has 34 heavy (non-hydrogen) atoms. The monoisotopic (exact) mass is 458 g/mol. The number of hydrogen-bond acceptors (Lipinski definition) is 4. The van der Waals surface area contributed by atoms with Crippen LogP contribution >= 0.6 is 0 Å². The molecule has 5 rings (SSSR count). The Kier molecular flexibility index (Phi) is 5.71. The van der Waals surface area contributed by atoms with Gasteiger partial charge in [-0.25, -0.2) is 9.07 Å². The summed E-state index contributed by atoms with van der Waals surface area (Å²) in [6.45, 7) is 1.61. The molecule has 2 amide bonds. The van der Waals surface area contributed by atoms with Crippen LogP contribution in [0.2, 0.25) is 0 Å². The van der Waals surface area contributed by atoms with Gasteiger partial charge in [-0.2, -0.15) is 5.10 Å². The second-order valence-corrected chi connectivity index (χ2v) is 8.23. The van der Waals surface area contributed by atoms with Crippen LogP contribution in [0.25, 0.3) is 16.5 Å². The molecule has 1 aliphatic carbocycles. The number of nitrogens with one attached hydrogen (secondary N) is 2. The molecular weight excluding hydrogens is 435 g/mol. The first-order valence-corrected chi connectivity index (χ1v) is 11.1. The van der Waals surface area contributed by atoms with Crippen LogP contribution in [0, 0.1) is 5.82 Å². The number of fused-ring (bicyclic) bond motifs is 2. The van der Waals surface area contributed by atoms with Crippen LogP contribution in [-0.4, -0.2) is 27.7 Å². The van der Waals surface area contributed by atoms with E-state index in [1.54, 1.807) is 29.8 Å². The zero-order chi connectivity index (χ0) is 23.7. The lowest BCUT2D eigenvalue weighted by Gasteiger charge is -2.15. The van der Waals surface area contributed by atoms with E-state index in [0.717, 1.165) is 34.9 Å². The maximum Gasteiger partial charge on any atom is 0.290 e. The number of benzene rings is 3. The van der Waals surface area contributed by atoms with Crippen LogP contribution in [0.1, 0.15) is 35.1 Å². The second kappa shape index (κ2) is 8.97. The average molecular weight is 458 g/mol. The molecule has 2 N–H and O–H groups in total. The van der Waals surface area contributed by atoms with Crippen LogP contribution in [0.4, 0.5) is 4.39 Å². The van der Waals surface area contributed by atoms with E-state index in [-0.39, 0.29) is 11.5 Å². The highest BCUT2D eigenvalue weighted by molar-refractivity contribution is 5.96. The molecule has 1 aliphatic rings. The Morgan fingerprint density at radius 1 is 1.00 bits per heavy atom. The minimum Gasteiger partial charge on any atom is -0.481 e. The summed E-state index contributed by atoms with van der Waals surface area (Å²) in [5.74, 6) is -0.779. The van der Waals surface area contributed by atoms with Crippen molar-refractivity contribution in [3.8, 4) is 11.4 Å². The van der Waals surface area contributed by atoms with E-state index in [9.17, 15) is 14.0 Å². The molecule has 0 saturated carbocycles. The van der Waals surface area contributed by atoms with E-state index < -0.39 is 17.9 Å². The second-order valence-electron chi connectivity index (χ2n) is 8.23. The quantitative estimate of drug-likeness (QED) is 0.445. The molecule has 7 nitrogen and oxygen atoms in total. The van der Waals surface area contributed by atoms with Crippen LogP contribution in [0.15, 0.2) is 66.7 Å². The van der Waals surface area contributed by atoms with Crippen molar-refractivity contribution in [2.45, 2.75) is 32.3 Å². The molecule has 0 bridgehead atoms. The molecule has 0 fully saturated rings. The van der Waals surface area contributed by atoms with Gasteiger partial charge in [0.05, 0.1) is 5.69 Å². The molecule has 0 saturated heterocycles. The average Bonchev–Trinajstić information content (AvgIpc) is 3.46. The molecule has 0 aliphatic heterocycles. The van der Waals surface area contributed by atoms with Crippen LogP contribution in [0.3, 0.4) is 0 Å². The fourth-order valence-corrected chi connectivity index (χ4v) is 4.19. The molecule has 1 unspecified atom stereocenters. The zero-order valence-electron chi connectivity index (χ0n) is 18.5. The van der Waals surface area contributed by atoms with Gasteiger partial charge in [-0.1, -0.05) is 30.3 Å². The van der Waals surface area contributed by atoms with E-state index in [0.29, 0.717) is 17.9 Å². The van der Waals surface area contributed by atoms with Crippen LogP contribution < -0.4 is 15.6 Å². The van der Waals surface area contributed by atoms with Gasteiger partial charge in [0.1, 0.15) is 11.6 Å². The summed E-state index contributed by atoms with van der Waals surface area (Å²) in [4.78, 5) is 25.4. The molecule has 8 heteroatoms. The molecule has 1 aromatic heterocycles. The third kappa shape index (κ3) is 4.22. The highest BCUT2D eigenvalue weighted by atomic mass is 19.1. The Hall–Kier alpha value is -4.20. The highest BCUT2D eigenvalue weighted by Gasteiger charge is 2.27. The zero-order valence-corrected chi connectivity index (χ0v) is 18.5. The van der Waals surface area contributed by atoms with E-state index in [4.69, 9.17) is 4.74 Å². The normalized spacial score (nSPS) is 13.4. The van der Waals surface area contributed by atoms with Crippen molar-refractivity contribution in [3.63, 3.8) is 0 Å². The molecule has 3 aromatic carbocycles. The largest absolute Gasteiger partial charge is 0.481 e. The molecule has 172 valence electrons. The van der Waals surface area contributed by atoms with Crippen molar-refractivity contribution in [2.75, 3.05) is 0 Å². The summed E-state index contributed by atoms with van der Waals surface area (Å²) in [7, 11) is 0. The number of nitrogens with zero attached hydrogens (tertiary/aromatic N) is 2. The minimum atomic E-state index is -0.830. The first kappa shape index (κ1) is 21.6. The summed E-state index contributed by atoms with van der Waals surface area (Å²) in [6.07, 6.45) is 1.56. The van der Waals surface area contributed by atoms with Crippen molar-refractivity contribution in [1.82, 2.24) is 20.6 Å². The molecule has 0 spiro atoms. The van der Waals surface area contributed by atoms with E-state index >= 15 is 0 Å². The summed E-state index contributed by atoms with van der Waals surface area (Å²) >= 11 is 0. The summed E-state index contributed by atoms with van der Waals surface area (Å²) < 4.78 is 20.7. The van der Waals surface area contributed by atoms with E-state index in [1.807, 2.05) is 36.4 Å². The Bertz CT molecular complexity index is 1380. The number of hydrogen-bond donors (Lipinski definition) is 2. The van der Waals surface area contributed by atoms with Crippen molar-refractivity contribution < 1.29 is 18.7 Å². The lowest BCUT2D eigenvalue weighted by molar-refractivity contribution is -0.128. The summed E-state index contributed by atoms with van der Waals surface area (Å²) in [5.41, 5.74) is 7.57. The maximum atomic E-state index is 13.3. The van der Waals surface area contributed by atoms with Crippen LogP contribution in [0.5, 0.6) is 5.75 Å². The van der Waals surface area contributed by atoms with Crippen molar-refractivity contribution in [3.05, 3.63) is 89.5 Å². The van der Waals surface area contributed by atoms with Crippen molar-refractivity contribution >= 4 is 22.6 Å². The standard InChI is InChI=1S/C26H23FN4O3/c1-16(34-21-14-9-17-5-2-3-6-18(17)15-21)25(32)28-29-26(33)24-22-7-4-8-23(22)31(30-24)20-12-10-19(27)11-13-20/h2-3,5-6,9-16H,4,7-8H2,1H3,(H,28,32)(H,29,33). The van der Waals surface area contributed by atoms with Crippen LogP contribution in [-0.2, 0) is 17.6 Å². The SMILES string of the molecule is CC(Oc1ccc2ccccc2c1)C(=O)NNC(=O)c1nn(-c2ccc(F)cc2)c2c1CCC2. The number of ether oxygens (including phenoxy) is 1. The van der Waals surface area contributed by atoms with E-state index in [1.165, 1.54) is 12.1 Å². The topological polar surface area (TPSA) is 85.2 Å². The number of hydrazine groups is 1. The fourth-order valence-electron chi connectivity index (χ4n) is 4.19. The van der Waals surface area contributed by atoms with Gasteiger partial charge in [0.25, 0.3) is 11.8 Å². The molecular formula is C26H23FN4O3. The van der Waals surface area contributed by atoms with Crippen molar-refractivity contribution in [2.24, 2.45) is 0 Å². The van der Waals surface area contributed by atoms with Gasteiger partial charge < -0.3 is 4.74 Å². The van der Waals surface area contributed by atoms with Crippen molar-refractivity contribution in [1.29, 1.82) is 0 Å². The predicted molar refractivity (Wildman–Crippen MR) is 125 cm³/mol. The number of amides is 2. The maximum absolute atomic E-state index is 13.3. The third-order valence-corrected chi connectivity index (χ3v) is 5.92. The van der Waals surface area contributed by atoms with Gasteiger partial charge in [-0.05, 0) is 73.4 Å². The van der Waals surface area contributed by atoms with Gasteiger partial charge in [0.15, 0.2) is 11.8 Å². The number of carbonyl (C=O) groups is 2. The predicted octanol–water partition coefficient (Wildman–Crippen LogP) is 3.88. The summed E-state index contributed by atoms with van der Waals surface area (Å²) in [6, 6.07) is 19.4. The Morgan fingerprint density at radius 2 is 1.76 bits per heavy atom. The Balaban J connectivity index is 1.25. The Morgan fingerprint density at radius 3 is 2.56 bits per heavy atom. The van der Waals surface area contributed by atoms with E-state index in [2.05, 4.69) is 16.0 Å². The molecule has 1 atom stereocenters. The van der Waals surface area contributed by atoms with Gasteiger partial charge >= 0.3 is 0 Å². The molecule has 4 aromatic rings. The minimum absolute atomic E-state index is 0.250. The molecule has 1 heterocycles. The van der Waals surface area contributed by atoms with Gasteiger partial charge in [0.2, 0.25) is 0 Å². The first-order chi connectivity index (χ1) is 16.5. The fraction of sp³-hybridized carbons (Fsp3) is 0.192. The number of rotatable bonds is 5. The number of halogens is 1. The van der Waals surface area contributed by atoms with Gasteiger partial charge in [0, 0.05) is 11.3 Å². The Labute approximate surface area is 195 Å².